The number of carboxylic acid groups (broad SMARTS) is 1. The molecule has 2 saturated heterocycles. The number of aliphatic carboxylic acids is 1. The SMILES string of the molecule is O=C(O)C1C[C@H]2CC[C@H](C1)N2C1CC1. The molecule has 3 aliphatic rings. The van der Waals surface area contributed by atoms with E-state index in [9.17, 15) is 4.79 Å². The first kappa shape index (κ1) is 8.72. The number of piperidine rings is 1. The highest BCUT2D eigenvalue weighted by Gasteiger charge is 2.48. The molecule has 0 unspecified atom stereocenters. The van der Waals surface area contributed by atoms with Gasteiger partial charge in [-0.3, -0.25) is 9.69 Å². The number of carbonyl (C=O) groups is 1. The second kappa shape index (κ2) is 2.96. The molecule has 3 nitrogen and oxygen atoms in total. The van der Waals surface area contributed by atoms with E-state index in [1.807, 2.05) is 0 Å². The molecule has 3 rings (SSSR count). The Labute approximate surface area is 84.1 Å². The zero-order valence-electron chi connectivity index (χ0n) is 8.35. The molecule has 1 saturated carbocycles. The Morgan fingerprint density at radius 3 is 1.93 bits per heavy atom. The van der Waals surface area contributed by atoms with Gasteiger partial charge in [-0.1, -0.05) is 0 Å². The van der Waals surface area contributed by atoms with Crippen LogP contribution in [-0.2, 0) is 4.79 Å². The van der Waals surface area contributed by atoms with Gasteiger partial charge in [0.25, 0.3) is 0 Å². The van der Waals surface area contributed by atoms with Gasteiger partial charge in [0.1, 0.15) is 0 Å². The van der Waals surface area contributed by atoms with E-state index in [1.54, 1.807) is 0 Å². The summed E-state index contributed by atoms with van der Waals surface area (Å²) < 4.78 is 0. The maximum atomic E-state index is 10.9. The fraction of sp³-hybridized carbons (Fsp3) is 0.909. The third-order valence-corrected chi connectivity index (χ3v) is 4.11. The standard InChI is InChI=1S/C11H17NO2/c13-11(14)7-5-9-3-4-10(6-7)12(9)8-1-2-8/h7-10H,1-6H2,(H,13,14)/t9-,10-/m1/s1. The minimum absolute atomic E-state index is 0.0532. The van der Waals surface area contributed by atoms with E-state index in [0.29, 0.717) is 12.1 Å². The highest BCUT2D eigenvalue weighted by Crippen LogP contribution is 2.45. The Balaban J connectivity index is 1.75. The molecule has 1 aliphatic carbocycles. The summed E-state index contributed by atoms with van der Waals surface area (Å²) in [6.45, 7) is 0. The summed E-state index contributed by atoms with van der Waals surface area (Å²) in [5.41, 5.74) is 0. The third kappa shape index (κ3) is 1.26. The smallest absolute Gasteiger partial charge is 0.306 e. The van der Waals surface area contributed by atoms with Crippen molar-refractivity contribution < 1.29 is 9.90 Å². The molecule has 2 bridgehead atoms. The highest BCUT2D eigenvalue weighted by atomic mass is 16.4. The zero-order chi connectivity index (χ0) is 9.71. The summed E-state index contributed by atoms with van der Waals surface area (Å²) in [6, 6.07) is 2.02. The number of nitrogens with zero attached hydrogens (tertiary/aromatic N) is 1. The van der Waals surface area contributed by atoms with Crippen molar-refractivity contribution in [2.75, 3.05) is 0 Å². The maximum absolute atomic E-state index is 10.9. The van der Waals surface area contributed by atoms with Gasteiger partial charge in [0.15, 0.2) is 0 Å². The quantitative estimate of drug-likeness (QED) is 0.725. The molecule has 2 aliphatic heterocycles. The van der Waals surface area contributed by atoms with Crippen LogP contribution in [0.25, 0.3) is 0 Å². The third-order valence-electron chi connectivity index (χ3n) is 4.11. The number of fused-ring (bicyclic) bond motifs is 2. The van der Waals surface area contributed by atoms with E-state index in [0.717, 1.165) is 18.9 Å². The summed E-state index contributed by atoms with van der Waals surface area (Å²) in [6.07, 6.45) is 7.00. The number of hydrogen-bond donors (Lipinski definition) is 1. The van der Waals surface area contributed by atoms with Crippen molar-refractivity contribution in [3.8, 4) is 0 Å². The Bertz CT molecular complexity index is 248. The number of hydrogen-bond acceptors (Lipinski definition) is 2. The van der Waals surface area contributed by atoms with Crippen LogP contribution < -0.4 is 0 Å². The molecule has 14 heavy (non-hydrogen) atoms. The molecule has 0 aromatic rings. The molecule has 1 N–H and O–H groups in total. The molecule has 3 heteroatoms. The van der Waals surface area contributed by atoms with E-state index >= 15 is 0 Å². The molecule has 78 valence electrons. The normalized spacial score (nSPS) is 42.7. The average Bonchev–Trinajstić information content (AvgIpc) is 2.94. The van der Waals surface area contributed by atoms with Gasteiger partial charge < -0.3 is 5.11 Å². The van der Waals surface area contributed by atoms with Crippen LogP contribution in [0.3, 0.4) is 0 Å². The molecular formula is C11H17NO2. The lowest BCUT2D eigenvalue weighted by molar-refractivity contribution is -0.144. The second-order valence-electron chi connectivity index (χ2n) is 5.07. The van der Waals surface area contributed by atoms with Crippen molar-refractivity contribution in [3.63, 3.8) is 0 Å². The summed E-state index contributed by atoms with van der Waals surface area (Å²) in [4.78, 5) is 13.6. The molecule has 2 heterocycles. The Hall–Kier alpha value is -0.570. The number of carboxylic acids is 1. The Morgan fingerprint density at radius 2 is 1.50 bits per heavy atom. The Kier molecular flexibility index (Phi) is 1.84. The topological polar surface area (TPSA) is 40.5 Å². The molecule has 0 aromatic carbocycles. The second-order valence-corrected chi connectivity index (χ2v) is 5.07. The van der Waals surface area contributed by atoms with Crippen molar-refractivity contribution in [3.05, 3.63) is 0 Å². The predicted octanol–water partition coefficient (Wildman–Crippen LogP) is 1.48. The van der Waals surface area contributed by atoms with Gasteiger partial charge >= 0.3 is 5.97 Å². The lowest BCUT2D eigenvalue weighted by atomic mass is 9.91. The van der Waals surface area contributed by atoms with Crippen LogP contribution in [0, 0.1) is 5.92 Å². The molecule has 0 spiro atoms. The van der Waals surface area contributed by atoms with Crippen molar-refractivity contribution in [1.29, 1.82) is 0 Å². The van der Waals surface area contributed by atoms with Crippen molar-refractivity contribution >= 4 is 5.97 Å². The largest absolute Gasteiger partial charge is 0.481 e. The minimum atomic E-state index is -0.572. The highest BCUT2D eigenvalue weighted by molar-refractivity contribution is 5.70. The summed E-state index contributed by atoms with van der Waals surface area (Å²) >= 11 is 0. The first-order valence-electron chi connectivity index (χ1n) is 5.76. The Morgan fingerprint density at radius 1 is 1.00 bits per heavy atom. The van der Waals surface area contributed by atoms with Gasteiger partial charge in [-0.2, -0.15) is 0 Å². The van der Waals surface area contributed by atoms with Crippen LogP contribution in [-0.4, -0.2) is 34.1 Å². The van der Waals surface area contributed by atoms with E-state index in [1.165, 1.54) is 25.7 Å². The van der Waals surface area contributed by atoms with Crippen LogP contribution in [0.15, 0.2) is 0 Å². The lowest BCUT2D eigenvalue weighted by Gasteiger charge is -2.37. The van der Waals surface area contributed by atoms with Crippen LogP contribution in [0.2, 0.25) is 0 Å². The summed E-state index contributed by atoms with van der Waals surface area (Å²) in [5.74, 6) is -0.625. The van der Waals surface area contributed by atoms with E-state index in [-0.39, 0.29) is 5.92 Å². The molecule has 2 atom stereocenters. The molecular weight excluding hydrogens is 178 g/mol. The molecule has 0 radical (unpaired) electrons. The average molecular weight is 195 g/mol. The first-order valence-corrected chi connectivity index (χ1v) is 5.76. The van der Waals surface area contributed by atoms with Crippen LogP contribution in [0.5, 0.6) is 0 Å². The molecule has 0 amide bonds. The van der Waals surface area contributed by atoms with E-state index in [2.05, 4.69) is 4.90 Å². The van der Waals surface area contributed by atoms with E-state index in [4.69, 9.17) is 5.11 Å². The van der Waals surface area contributed by atoms with Crippen LogP contribution in [0.4, 0.5) is 0 Å². The predicted molar refractivity (Wildman–Crippen MR) is 52.0 cm³/mol. The summed E-state index contributed by atoms with van der Waals surface area (Å²) in [7, 11) is 0. The lowest BCUT2D eigenvalue weighted by Crippen LogP contribution is -2.45. The van der Waals surface area contributed by atoms with Gasteiger partial charge in [-0.25, -0.2) is 0 Å². The van der Waals surface area contributed by atoms with Crippen molar-refractivity contribution in [1.82, 2.24) is 4.90 Å². The minimum Gasteiger partial charge on any atom is -0.481 e. The fourth-order valence-electron chi connectivity index (χ4n) is 3.38. The van der Waals surface area contributed by atoms with Gasteiger partial charge in [0, 0.05) is 18.1 Å². The van der Waals surface area contributed by atoms with Crippen LogP contribution in [0.1, 0.15) is 38.5 Å². The van der Waals surface area contributed by atoms with Crippen molar-refractivity contribution in [2.45, 2.75) is 56.7 Å². The van der Waals surface area contributed by atoms with Crippen LogP contribution >= 0.6 is 0 Å². The first-order chi connectivity index (χ1) is 6.75. The number of rotatable bonds is 2. The maximum Gasteiger partial charge on any atom is 0.306 e. The molecule has 0 aromatic heterocycles. The molecule has 3 fully saturated rings. The zero-order valence-corrected chi connectivity index (χ0v) is 8.35. The summed E-state index contributed by atoms with van der Waals surface area (Å²) in [5, 5.41) is 9.02. The van der Waals surface area contributed by atoms with Crippen molar-refractivity contribution in [2.24, 2.45) is 5.92 Å². The fourth-order valence-corrected chi connectivity index (χ4v) is 3.38. The van der Waals surface area contributed by atoms with E-state index < -0.39 is 5.97 Å². The van der Waals surface area contributed by atoms with Gasteiger partial charge in [0.2, 0.25) is 0 Å². The van der Waals surface area contributed by atoms with Gasteiger partial charge in [-0.05, 0) is 38.5 Å². The van der Waals surface area contributed by atoms with Gasteiger partial charge in [0.05, 0.1) is 5.92 Å². The monoisotopic (exact) mass is 195 g/mol. The van der Waals surface area contributed by atoms with Gasteiger partial charge in [-0.15, -0.1) is 0 Å².